The molecule has 0 aromatic carbocycles. The highest BCUT2D eigenvalue weighted by molar-refractivity contribution is 6.36. The molecular formula is C10H23NO3Si. The minimum Gasteiger partial charge on any atom is -0.376 e. The molecule has 0 bridgehead atoms. The zero-order valence-corrected chi connectivity index (χ0v) is 11.4. The Labute approximate surface area is 95.3 Å². The molecule has 0 amide bonds. The van der Waals surface area contributed by atoms with Crippen molar-refractivity contribution in [3.05, 3.63) is 11.4 Å². The molecule has 0 radical (unpaired) electrons. The summed E-state index contributed by atoms with van der Waals surface area (Å²) in [5.74, 6) is 0. The minimum atomic E-state index is -1.73. The highest BCUT2D eigenvalue weighted by atomic mass is 28.3. The first-order valence-corrected chi connectivity index (χ1v) is 6.86. The lowest BCUT2D eigenvalue weighted by Gasteiger charge is -2.12. The van der Waals surface area contributed by atoms with Crippen LogP contribution in [0.4, 0.5) is 0 Å². The van der Waals surface area contributed by atoms with Crippen LogP contribution in [0.2, 0.25) is 0 Å². The van der Waals surface area contributed by atoms with Gasteiger partial charge in [0.05, 0.1) is 0 Å². The molecule has 4 nitrogen and oxygen atoms in total. The van der Waals surface area contributed by atoms with E-state index in [2.05, 4.69) is 4.85 Å². The van der Waals surface area contributed by atoms with Crippen LogP contribution in [0.15, 0.2) is 0 Å². The van der Waals surface area contributed by atoms with Gasteiger partial charge in [-0.2, -0.15) is 0 Å². The fourth-order valence-corrected chi connectivity index (χ4v) is 1.77. The molecule has 0 unspecified atom stereocenters. The van der Waals surface area contributed by atoms with E-state index in [-0.39, 0.29) is 0 Å². The molecule has 0 atom stereocenters. The molecule has 0 aliphatic carbocycles. The van der Waals surface area contributed by atoms with Crippen molar-refractivity contribution in [1.29, 1.82) is 0 Å². The molecule has 0 aromatic heterocycles. The summed E-state index contributed by atoms with van der Waals surface area (Å²) in [7, 11) is -1.73. The molecule has 0 saturated carbocycles. The smallest absolute Gasteiger partial charge is 0.376 e. The van der Waals surface area contributed by atoms with Gasteiger partial charge in [-0.3, -0.25) is 0 Å². The summed E-state index contributed by atoms with van der Waals surface area (Å²) in [5.41, 5.74) is 0. The molecule has 0 heterocycles. The Bertz CT molecular complexity index is 136. The fraction of sp³-hybridized carbons (Fsp3) is 0.900. The molecule has 5 heteroatoms. The van der Waals surface area contributed by atoms with Crippen molar-refractivity contribution in [2.75, 3.05) is 26.4 Å². The van der Waals surface area contributed by atoms with Gasteiger partial charge in [-0.25, -0.2) is 6.57 Å². The average molecular weight is 233 g/mol. The SMILES string of the molecule is CCO[SiH](OCC)OCC.[C-]#[N+]CCC. The molecule has 0 N–H and O–H groups in total. The molecule has 0 aliphatic rings. The summed E-state index contributed by atoms with van der Waals surface area (Å²) in [6.45, 7) is 16.8. The molecule has 0 aromatic rings. The van der Waals surface area contributed by atoms with Gasteiger partial charge in [0.15, 0.2) is 0 Å². The van der Waals surface area contributed by atoms with Gasteiger partial charge >= 0.3 is 9.53 Å². The van der Waals surface area contributed by atoms with Crippen LogP contribution in [-0.4, -0.2) is 35.9 Å². The standard InChI is InChI=1S/C6H16O3Si.C4H7N/c1-4-7-10(8-5-2)9-6-3;1-3-4-5-2/h10H,4-6H2,1-3H3;3-4H2,1H3. The second-order valence-corrected chi connectivity index (χ2v) is 4.11. The van der Waals surface area contributed by atoms with Gasteiger partial charge in [-0.05, 0) is 20.8 Å². The number of rotatable bonds is 7. The molecular weight excluding hydrogens is 210 g/mol. The normalized spacial score (nSPS) is 9.33. The molecule has 0 rings (SSSR count). The monoisotopic (exact) mass is 233 g/mol. The fourth-order valence-electron chi connectivity index (χ4n) is 0.664. The number of hydrogen-bond donors (Lipinski definition) is 0. The highest BCUT2D eigenvalue weighted by Gasteiger charge is 2.11. The van der Waals surface area contributed by atoms with Gasteiger partial charge in [0.1, 0.15) is 0 Å². The zero-order chi connectivity index (χ0) is 11.9. The van der Waals surface area contributed by atoms with Crippen LogP contribution in [0.1, 0.15) is 34.1 Å². The van der Waals surface area contributed by atoms with Crippen LogP contribution in [0, 0.1) is 6.57 Å². The van der Waals surface area contributed by atoms with E-state index >= 15 is 0 Å². The van der Waals surface area contributed by atoms with Gasteiger partial charge in [-0.1, -0.05) is 6.92 Å². The molecule has 0 saturated heterocycles. The van der Waals surface area contributed by atoms with Crippen molar-refractivity contribution in [1.82, 2.24) is 0 Å². The maximum absolute atomic E-state index is 6.23. The third kappa shape index (κ3) is 16.3. The lowest BCUT2D eigenvalue weighted by Crippen LogP contribution is -2.27. The van der Waals surface area contributed by atoms with E-state index in [0.29, 0.717) is 26.4 Å². The maximum atomic E-state index is 6.23. The van der Waals surface area contributed by atoms with Crippen LogP contribution in [-0.2, 0) is 13.3 Å². The maximum Gasteiger partial charge on any atom is 0.484 e. The van der Waals surface area contributed by atoms with Crippen molar-refractivity contribution < 1.29 is 13.3 Å². The van der Waals surface area contributed by atoms with Crippen LogP contribution < -0.4 is 0 Å². The second-order valence-electron chi connectivity index (χ2n) is 2.54. The molecule has 0 aliphatic heterocycles. The Morgan fingerprint density at radius 2 is 1.33 bits per heavy atom. The first-order chi connectivity index (χ1) is 7.26. The van der Waals surface area contributed by atoms with E-state index in [1.165, 1.54) is 0 Å². The zero-order valence-electron chi connectivity index (χ0n) is 10.3. The van der Waals surface area contributed by atoms with Crippen molar-refractivity contribution in [3.8, 4) is 0 Å². The Kier molecular flexibility index (Phi) is 18.2. The van der Waals surface area contributed by atoms with Gasteiger partial charge < -0.3 is 18.1 Å². The first-order valence-electron chi connectivity index (χ1n) is 5.44. The summed E-state index contributed by atoms with van der Waals surface area (Å²) in [6, 6.07) is 0. The van der Waals surface area contributed by atoms with E-state index in [1.807, 2.05) is 27.7 Å². The predicted molar refractivity (Wildman–Crippen MR) is 63.8 cm³/mol. The average Bonchev–Trinajstić information content (AvgIpc) is 2.21. The lowest BCUT2D eigenvalue weighted by molar-refractivity contribution is 0.107. The topological polar surface area (TPSA) is 32.1 Å². The second kappa shape index (κ2) is 16.0. The van der Waals surface area contributed by atoms with E-state index in [1.54, 1.807) is 0 Å². The largest absolute Gasteiger partial charge is 0.484 e. The minimum absolute atomic E-state index is 0.677. The Morgan fingerprint density at radius 1 is 0.933 bits per heavy atom. The molecule has 0 spiro atoms. The molecule has 90 valence electrons. The third-order valence-corrected chi connectivity index (χ3v) is 3.06. The first kappa shape index (κ1) is 17.0. The highest BCUT2D eigenvalue weighted by Crippen LogP contribution is 1.91. The van der Waals surface area contributed by atoms with Crippen molar-refractivity contribution >= 4 is 9.53 Å². The van der Waals surface area contributed by atoms with Gasteiger partial charge in [0, 0.05) is 26.2 Å². The van der Waals surface area contributed by atoms with Crippen LogP contribution >= 0.6 is 0 Å². The summed E-state index contributed by atoms with van der Waals surface area (Å²) in [4.78, 5) is 3.10. The van der Waals surface area contributed by atoms with Crippen molar-refractivity contribution in [2.45, 2.75) is 34.1 Å². The summed E-state index contributed by atoms with van der Waals surface area (Å²) in [5, 5.41) is 0. The molecule has 15 heavy (non-hydrogen) atoms. The van der Waals surface area contributed by atoms with Gasteiger partial charge in [-0.15, -0.1) is 0 Å². The van der Waals surface area contributed by atoms with Gasteiger partial charge in [0.25, 0.3) is 0 Å². The molecule has 0 fully saturated rings. The van der Waals surface area contributed by atoms with Crippen LogP contribution in [0.3, 0.4) is 0 Å². The third-order valence-electron chi connectivity index (χ3n) is 1.24. The van der Waals surface area contributed by atoms with E-state index in [0.717, 1.165) is 6.42 Å². The van der Waals surface area contributed by atoms with E-state index < -0.39 is 9.53 Å². The Morgan fingerprint density at radius 3 is 1.47 bits per heavy atom. The number of nitrogens with zero attached hydrogens (tertiary/aromatic N) is 1. The van der Waals surface area contributed by atoms with Crippen LogP contribution in [0.25, 0.3) is 4.85 Å². The van der Waals surface area contributed by atoms with Crippen LogP contribution in [0.5, 0.6) is 0 Å². The van der Waals surface area contributed by atoms with E-state index in [4.69, 9.17) is 19.9 Å². The van der Waals surface area contributed by atoms with Crippen molar-refractivity contribution in [2.24, 2.45) is 0 Å². The van der Waals surface area contributed by atoms with Gasteiger partial charge in [0.2, 0.25) is 6.54 Å². The quantitative estimate of drug-likeness (QED) is 0.499. The summed E-state index contributed by atoms with van der Waals surface area (Å²) in [6.07, 6.45) is 0.990. The number of hydrogen-bond acceptors (Lipinski definition) is 3. The predicted octanol–water partition coefficient (Wildman–Crippen LogP) is 2.13. The van der Waals surface area contributed by atoms with E-state index in [9.17, 15) is 0 Å². The van der Waals surface area contributed by atoms with Crippen molar-refractivity contribution in [3.63, 3.8) is 0 Å². The Balaban J connectivity index is 0. The summed E-state index contributed by atoms with van der Waals surface area (Å²) >= 11 is 0. The summed E-state index contributed by atoms with van der Waals surface area (Å²) < 4.78 is 15.7. The Hall–Kier alpha value is -0.413. The lowest BCUT2D eigenvalue weighted by atomic mass is 10.5.